The monoisotopic (exact) mass is 171 g/mol. The van der Waals surface area contributed by atoms with Crippen LogP contribution >= 0.6 is 12.2 Å². The highest BCUT2D eigenvalue weighted by Gasteiger charge is 2.20. The normalized spacial score (nSPS) is 24.2. The molecule has 0 aliphatic carbocycles. The van der Waals surface area contributed by atoms with Gasteiger partial charge in [-0.05, 0) is 31.6 Å². The highest BCUT2D eigenvalue weighted by Crippen LogP contribution is 2.20. The average Bonchev–Trinajstić information content (AvgIpc) is 2.55. The third-order valence-electron chi connectivity index (χ3n) is 1.81. The maximum atomic E-state index is 5.15. The number of aromatic nitrogens is 2. The first-order valence-electron chi connectivity index (χ1n) is 3.65. The second kappa shape index (κ2) is 2.75. The molecule has 0 amide bonds. The van der Waals surface area contributed by atoms with Crippen LogP contribution in [0.25, 0.3) is 0 Å². The van der Waals surface area contributed by atoms with Crippen molar-refractivity contribution in [2.24, 2.45) is 0 Å². The molecule has 1 atom stereocenters. The van der Waals surface area contributed by atoms with Gasteiger partial charge in [-0.25, -0.2) is 5.10 Å². The van der Waals surface area contributed by atoms with E-state index >= 15 is 0 Å². The summed E-state index contributed by atoms with van der Waals surface area (Å²) < 4.78 is 5.15. The van der Waals surface area contributed by atoms with Gasteiger partial charge in [0.15, 0.2) is 0 Å². The number of nitrogens with zero attached hydrogens (tertiary/aromatic N) is 1. The molecule has 1 aromatic rings. The lowest BCUT2D eigenvalue weighted by molar-refractivity contribution is 0.421. The Morgan fingerprint density at radius 3 is 3.09 bits per heavy atom. The number of rotatable bonds is 1. The van der Waals surface area contributed by atoms with Crippen molar-refractivity contribution in [3.05, 3.63) is 10.7 Å². The van der Waals surface area contributed by atoms with Gasteiger partial charge in [-0.3, -0.25) is 0 Å². The summed E-state index contributed by atoms with van der Waals surface area (Å²) >= 11 is 4.76. The minimum Gasteiger partial charge on any atom is -0.412 e. The van der Waals surface area contributed by atoms with E-state index in [-0.39, 0.29) is 6.04 Å². The molecule has 1 unspecified atom stereocenters. The lowest BCUT2D eigenvalue weighted by atomic mass is 10.2. The number of H-pyrrole nitrogens is 1. The fourth-order valence-corrected chi connectivity index (χ4v) is 1.42. The zero-order valence-electron chi connectivity index (χ0n) is 5.96. The SMILES string of the molecule is S=c1[nH]nc(C2CCCN2)o1. The fraction of sp³-hybridized carbons (Fsp3) is 0.667. The summed E-state index contributed by atoms with van der Waals surface area (Å²) in [6, 6.07) is 0.267. The standard InChI is InChI=1S/C6H9N3OS/c11-6-9-8-5(10-6)4-2-1-3-7-4/h4,7H,1-3H2,(H,9,11). The summed E-state index contributed by atoms with van der Waals surface area (Å²) in [4.78, 5) is 0.355. The fourth-order valence-electron chi connectivity index (χ4n) is 1.29. The van der Waals surface area contributed by atoms with E-state index in [4.69, 9.17) is 16.6 Å². The van der Waals surface area contributed by atoms with Gasteiger partial charge in [0, 0.05) is 0 Å². The van der Waals surface area contributed by atoms with Crippen molar-refractivity contribution >= 4 is 12.2 Å². The number of nitrogens with one attached hydrogen (secondary N) is 2. The van der Waals surface area contributed by atoms with Crippen LogP contribution in [0, 0.1) is 4.84 Å². The van der Waals surface area contributed by atoms with Crippen LogP contribution < -0.4 is 5.32 Å². The average molecular weight is 171 g/mol. The molecule has 11 heavy (non-hydrogen) atoms. The second-order valence-electron chi connectivity index (χ2n) is 2.60. The van der Waals surface area contributed by atoms with Gasteiger partial charge in [-0.2, -0.15) is 0 Å². The Labute approximate surface area is 69.0 Å². The first kappa shape index (κ1) is 7.00. The third kappa shape index (κ3) is 1.34. The zero-order chi connectivity index (χ0) is 7.68. The molecule has 0 spiro atoms. The van der Waals surface area contributed by atoms with E-state index in [1.165, 1.54) is 6.42 Å². The Kier molecular flexibility index (Phi) is 1.75. The molecule has 0 saturated carbocycles. The molecule has 0 bridgehead atoms. The van der Waals surface area contributed by atoms with E-state index in [1.807, 2.05) is 0 Å². The zero-order valence-corrected chi connectivity index (χ0v) is 6.78. The predicted molar refractivity (Wildman–Crippen MR) is 41.7 cm³/mol. The van der Waals surface area contributed by atoms with Crippen molar-refractivity contribution in [3.8, 4) is 0 Å². The molecule has 4 nitrogen and oxygen atoms in total. The third-order valence-corrected chi connectivity index (χ3v) is 1.99. The van der Waals surface area contributed by atoms with Gasteiger partial charge < -0.3 is 9.73 Å². The maximum absolute atomic E-state index is 5.15. The van der Waals surface area contributed by atoms with Gasteiger partial charge in [0.1, 0.15) is 0 Å². The first-order chi connectivity index (χ1) is 5.36. The molecular weight excluding hydrogens is 162 g/mol. The lowest BCUT2D eigenvalue weighted by Crippen LogP contribution is -2.12. The highest BCUT2D eigenvalue weighted by molar-refractivity contribution is 7.71. The summed E-state index contributed by atoms with van der Waals surface area (Å²) in [5.41, 5.74) is 0. The van der Waals surface area contributed by atoms with E-state index in [2.05, 4.69) is 15.5 Å². The van der Waals surface area contributed by atoms with E-state index in [0.29, 0.717) is 10.7 Å². The van der Waals surface area contributed by atoms with Crippen LogP contribution in [0.2, 0.25) is 0 Å². The van der Waals surface area contributed by atoms with Crippen LogP contribution in [-0.2, 0) is 0 Å². The van der Waals surface area contributed by atoms with Crippen molar-refractivity contribution in [3.63, 3.8) is 0 Å². The molecule has 60 valence electrons. The largest absolute Gasteiger partial charge is 0.412 e. The smallest absolute Gasteiger partial charge is 0.284 e. The molecule has 1 aliphatic rings. The number of hydrogen-bond acceptors (Lipinski definition) is 4. The summed E-state index contributed by atoms with van der Waals surface area (Å²) in [7, 11) is 0. The van der Waals surface area contributed by atoms with Gasteiger partial charge in [0.05, 0.1) is 6.04 Å². The van der Waals surface area contributed by atoms with Crippen molar-refractivity contribution in [2.45, 2.75) is 18.9 Å². The second-order valence-corrected chi connectivity index (χ2v) is 2.97. The van der Waals surface area contributed by atoms with Gasteiger partial charge in [-0.15, -0.1) is 5.10 Å². The van der Waals surface area contributed by atoms with E-state index in [9.17, 15) is 0 Å². The minimum absolute atomic E-state index is 0.267. The maximum Gasteiger partial charge on any atom is 0.284 e. The van der Waals surface area contributed by atoms with Crippen molar-refractivity contribution in [1.82, 2.24) is 15.5 Å². The van der Waals surface area contributed by atoms with Crippen molar-refractivity contribution < 1.29 is 4.42 Å². The quantitative estimate of drug-likeness (QED) is 0.622. The topological polar surface area (TPSA) is 53.9 Å². The van der Waals surface area contributed by atoms with Crippen molar-refractivity contribution in [2.75, 3.05) is 6.54 Å². The Bertz CT molecular complexity index is 286. The van der Waals surface area contributed by atoms with Crippen LogP contribution in [0.15, 0.2) is 4.42 Å². The summed E-state index contributed by atoms with van der Waals surface area (Å²) in [5, 5.41) is 9.81. The molecule has 1 saturated heterocycles. The van der Waals surface area contributed by atoms with E-state index in [0.717, 1.165) is 13.0 Å². The Balaban J connectivity index is 2.21. The molecule has 1 aliphatic heterocycles. The minimum atomic E-state index is 0.267. The van der Waals surface area contributed by atoms with Crippen LogP contribution in [0.4, 0.5) is 0 Å². The molecule has 1 aromatic heterocycles. The van der Waals surface area contributed by atoms with E-state index < -0.39 is 0 Å². The Morgan fingerprint density at radius 2 is 2.55 bits per heavy atom. The molecule has 1 fully saturated rings. The van der Waals surface area contributed by atoms with Gasteiger partial charge in [-0.1, -0.05) is 0 Å². The molecule has 0 radical (unpaired) electrons. The Morgan fingerprint density at radius 1 is 1.64 bits per heavy atom. The summed E-state index contributed by atoms with van der Waals surface area (Å²) in [6.45, 7) is 1.04. The van der Waals surface area contributed by atoms with Crippen LogP contribution in [0.1, 0.15) is 24.8 Å². The molecule has 2 heterocycles. The molecule has 5 heteroatoms. The molecule has 2 rings (SSSR count). The van der Waals surface area contributed by atoms with Gasteiger partial charge in [0.2, 0.25) is 5.89 Å². The first-order valence-corrected chi connectivity index (χ1v) is 4.06. The number of aromatic amines is 1. The summed E-state index contributed by atoms with van der Waals surface area (Å²) in [5.74, 6) is 0.688. The van der Waals surface area contributed by atoms with Crippen LogP contribution in [-0.4, -0.2) is 16.7 Å². The van der Waals surface area contributed by atoms with Crippen LogP contribution in [0.5, 0.6) is 0 Å². The van der Waals surface area contributed by atoms with E-state index in [1.54, 1.807) is 0 Å². The Hall–Kier alpha value is -0.680. The molecular formula is C6H9N3OS. The predicted octanol–water partition coefficient (Wildman–Crippen LogP) is 1.16. The van der Waals surface area contributed by atoms with Crippen molar-refractivity contribution in [1.29, 1.82) is 0 Å². The highest BCUT2D eigenvalue weighted by atomic mass is 32.1. The van der Waals surface area contributed by atoms with Crippen LogP contribution in [0.3, 0.4) is 0 Å². The molecule has 0 aromatic carbocycles. The molecule has 2 N–H and O–H groups in total. The van der Waals surface area contributed by atoms with Gasteiger partial charge in [0.25, 0.3) is 4.84 Å². The summed E-state index contributed by atoms with van der Waals surface area (Å²) in [6.07, 6.45) is 2.27. The lowest BCUT2D eigenvalue weighted by Gasteiger charge is -2.01. The number of hydrogen-bond donors (Lipinski definition) is 2. The van der Waals surface area contributed by atoms with Gasteiger partial charge >= 0.3 is 0 Å².